The van der Waals surface area contributed by atoms with Gasteiger partial charge in [0.25, 0.3) is 0 Å². The molecule has 0 unspecified atom stereocenters. The number of unbranched alkanes of at least 4 members (excludes halogenated alkanes) is 27. The fraction of sp³-hybridized carbons (Fsp3) is 0.933. The molecule has 0 aromatic rings. The van der Waals surface area contributed by atoms with Gasteiger partial charge < -0.3 is 14.2 Å². The summed E-state index contributed by atoms with van der Waals surface area (Å²) in [7, 11) is 0. The van der Waals surface area contributed by atoms with Crippen molar-refractivity contribution >= 4 is 17.9 Å². The van der Waals surface area contributed by atoms with E-state index in [0.29, 0.717) is 19.3 Å². The van der Waals surface area contributed by atoms with E-state index in [0.717, 1.165) is 63.7 Å². The molecular formula is C45H86O6. The van der Waals surface area contributed by atoms with Gasteiger partial charge in [-0.3, -0.25) is 14.4 Å². The number of hydrogen-bond donors (Lipinski definition) is 0. The molecule has 0 bridgehead atoms. The predicted octanol–water partition coefficient (Wildman–Crippen LogP) is 13.9. The second-order valence-electron chi connectivity index (χ2n) is 15.8. The summed E-state index contributed by atoms with van der Waals surface area (Å²) in [5.74, 6) is -0.0429. The zero-order valence-corrected chi connectivity index (χ0v) is 34.6. The summed E-state index contributed by atoms with van der Waals surface area (Å²) in [5, 5.41) is 0. The van der Waals surface area contributed by atoms with E-state index >= 15 is 0 Å². The van der Waals surface area contributed by atoms with E-state index in [4.69, 9.17) is 14.2 Å². The summed E-state index contributed by atoms with van der Waals surface area (Å²) in [5.41, 5.74) is 0. The molecule has 0 aliphatic carbocycles. The van der Waals surface area contributed by atoms with Crippen LogP contribution in [0.25, 0.3) is 0 Å². The van der Waals surface area contributed by atoms with Gasteiger partial charge in [-0.15, -0.1) is 0 Å². The van der Waals surface area contributed by atoms with E-state index in [9.17, 15) is 14.4 Å². The van der Waals surface area contributed by atoms with E-state index in [-0.39, 0.29) is 31.1 Å². The van der Waals surface area contributed by atoms with Crippen molar-refractivity contribution in [2.24, 2.45) is 5.92 Å². The van der Waals surface area contributed by atoms with Gasteiger partial charge in [-0.25, -0.2) is 0 Å². The molecule has 1 atom stereocenters. The zero-order valence-electron chi connectivity index (χ0n) is 34.6. The average Bonchev–Trinajstić information content (AvgIpc) is 3.11. The molecule has 0 rings (SSSR count). The molecule has 0 aliphatic rings. The number of carbonyl (C=O) groups is 3. The third kappa shape index (κ3) is 39.5. The van der Waals surface area contributed by atoms with Crippen LogP contribution >= 0.6 is 0 Å². The van der Waals surface area contributed by atoms with Gasteiger partial charge in [0.15, 0.2) is 6.10 Å². The molecule has 0 N–H and O–H groups in total. The van der Waals surface area contributed by atoms with Crippen molar-refractivity contribution in [3.63, 3.8) is 0 Å². The highest BCUT2D eigenvalue weighted by molar-refractivity contribution is 5.71. The first-order valence-electron chi connectivity index (χ1n) is 22.4. The Morgan fingerprint density at radius 1 is 0.373 bits per heavy atom. The average molecular weight is 723 g/mol. The maximum absolute atomic E-state index is 12.7. The number of esters is 3. The van der Waals surface area contributed by atoms with Crippen molar-refractivity contribution in [2.75, 3.05) is 13.2 Å². The van der Waals surface area contributed by atoms with Crippen molar-refractivity contribution in [3.05, 3.63) is 0 Å². The molecular weight excluding hydrogens is 636 g/mol. The molecule has 0 saturated carbocycles. The maximum Gasteiger partial charge on any atom is 0.306 e. The lowest BCUT2D eigenvalue weighted by Crippen LogP contribution is -2.30. The van der Waals surface area contributed by atoms with E-state index in [1.54, 1.807) is 0 Å². The van der Waals surface area contributed by atoms with Crippen molar-refractivity contribution in [1.29, 1.82) is 0 Å². The Hall–Kier alpha value is -1.59. The predicted molar refractivity (Wildman–Crippen MR) is 215 cm³/mol. The standard InChI is InChI=1S/C45H86O6/c1-5-7-9-11-13-14-15-16-17-22-26-30-34-38-45(48)51-42(39-49-43(46)36-32-28-23-12-10-8-6-2)40-50-44(47)37-33-29-25-21-19-18-20-24-27-31-35-41(3)4/h41-42H,5-40H2,1-4H3/t42-/m1/s1. The molecule has 0 aromatic heterocycles. The van der Waals surface area contributed by atoms with Crippen LogP contribution in [-0.4, -0.2) is 37.2 Å². The van der Waals surface area contributed by atoms with Gasteiger partial charge in [0.1, 0.15) is 13.2 Å². The minimum absolute atomic E-state index is 0.0644. The van der Waals surface area contributed by atoms with Crippen LogP contribution in [-0.2, 0) is 28.6 Å². The molecule has 0 saturated heterocycles. The van der Waals surface area contributed by atoms with Crippen LogP contribution in [0, 0.1) is 5.92 Å². The molecule has 0 aromatic carbocycles. The van der Waals surface area contributed by atoms with E-state index < -0.39 is 6.10 Å². The fourth-order valence-electron chi connectivity index (χ4n) is 6.63. The molecule has 0 radical (unpaired) electrons. The lowest BCUT2D eigenvalue weighted by Gasteiger charge is -2.18. The van der Waals surface area contributed by atoms with E-state index in [1.165, 1.54) is 141 Å². The maximum atomic E-state index is 12.7. The van der Waals surface area contributed by atoms with E-state index in [2.05, 4.69) is 27.7 Å². The summed E-state index contributed by atoms with van der Waals surface area (Å²) in [6.07, 6.45) is 38.1. The third-order valence-electron chi connectivity index (χ3n) is 10.0. The van der Waals surface area contributed by atoms with E-state index in [1.807, 2.05) is 0 Å². The molecule has 0 spiro atoms. The first-order valence-corrected chi connectivity index (χ1v) is 22.4. The smallest absolute Gasteiger partial charge is 0.306 e. The van der Waals surface area contributed by atoms with Crippen molar-refractivity contribution in [2.45, 2.75) is 252 Å². The molecule has 0 fully saturated rings. The first-order chi connectivity index (χ1) is 24.9. The lowest BCUT2D eigenvalue weighted by atomic mass is 10.0. The second kappa shape index (κ2) is 39.6. The van der Waals surface area contributed by atoms with Crippen LogP contribution in [0.4, 0.5) is 0 Å². The van der Waals surface area contributed by atoms with Crippen LogP contribution in [0.3, 0.4) is 0 Å². The van der Waals surface area contributed by atoms with Gasteiger partial charge in [0, 0.05) is 19.3 Å². The summed E-state index contributed by atoms with van der Waals surface area (Å²) in [6, 6.07) is 0. The topological polar surface area (TPSA) is 78.9 Å². The molecule has 0 aliphatic heterocycles. The van der Waals surface area contributed by atoms with Crippen molar-refractivity contribution < 1.29 is 28.6 Å². The molecule has 6 nitrogen and oxygen atoms in total. The Kier molecular flexibility index (Phi) is 38.4. The van der Waals surface area contributed by atoms with Gasteiger partial charge >= 0.3 is 17.9 Å². The van der Waals surface area contributed by atoms with Gasteiger partial charge in [0.2, 0.25) is 0 Å². The Labute approximate surface area is 317 Å². The normalized spacial score (nSPS) is 11.9. The number of carbonyl (C=O) groups excluding carboxylic acids is 3. The van der Waals surface area contributed by atoms with Crippen LogP contribution in [0.2, 0.25) is 0 Å². The monoisotopic (exact) mass is 723 g/mol. The Balaban J connectivity index is 4.28. The van der Waals surface area contributed by atoms with Crippen molar-refractivity contribution in [3.8, 4) is 0 Å². The number of hydrogen-bond acceptors (Lipinski definition) is 6. The number of ether oxygens (including phenoxy) is 3. The molecule has 6 heteroatoms. The van der Waals surface area contributed by atoms with Gasteiger partial charge in [0.05, 0.1) is 0 Å². The Morgan fingerprint density at radius 2 is 0.647 bits per heavy atom. The van der Waals surface area contributed by atoms with Gasteiger partial charge in [-0.1, -0.05) is 207 Å². The Morgan fingerprint density at radius 3 is 0.961 bits per heavy atom. The SMILES string of the molecule is CCCCCCCCCCCCCCCC(=O)O[C@H](COC(=O)CCCCCCCCC)COC(=O)CCCCCCCCCCCCC(C)C. The summed E-state index contributed by atoms with van der Waals surface area (Å²) in [4.78, 5) is 37.5. The lowest BCUT2D eigenvalue weighted by molar-refractivity contribution is -0.167. The number of rotatable bonds is 40. The summed E-state index contributed by atoms with van der Waals surface area (Å²) >= 11 is 0. The summed E-state index contributed by atoms with van der Waals surface area (Å²) < 4.78 is 16.7. The van der Waals surface area contributed by atoms with Crippen LogP contribution < -0.4 is 0 Å². The first kappa shape index (κ1) is 49.4. The van der Waals surface area contributed by atoms with Gasteiger partial charge in [-0.2, -0.15) is 0 Å². The zero-order chi connectivity index (χ0) is 37.5. The van der Waals surface area contributed by atoms with Crippen LogP contribution in [0.5, 0.6) is 0 Å². The molecule has 51 heavy (non-hydrogen) atoms. The Bertz CT molecular complexity index is 766. The fourth-order valence-corrected chi connectivity index (χ4v) is 6.63. The van der Waals surface area contributed by atoms with Crippen molar-refractivity contribution in [1.82, 2.24) is 0 Å². The third-order valence-corrected chi connectivity index (χ3v) is 10.0. The highest BCUT2D eigenvalue weighted by Gasteiger charge is 2.19. The molecule has 0 amide bonds. The quantitative estimate of drug-likeness (QED) is 0.0356. The largest absolute Gasteiger partial charge is 0.462 e. The highest BCUT2D eigenvalue weighted by Crippen LogP contribution is 2.16. The van der Waals surface area contributed by atoms with Crippen LogP contribution in [0.1, 0.15) is 246 Å². The minimum Gasteiger partial charge on any atom is -0.462 e. The summed E-state index contributed by atoms with van der Waals surface area (Å²) in [6.45, 7) is 8.94. The molecule has 0 heterocycles. The van der Waals surface area contributed by atoms with Gasteiger partial charge in [-0.05, 0) is 25.2 Å². The van der Waals surface area contributed by atoms with Crippen LogP contribution in [0.15, 0.2) is 0 Å². The molecule has 302 valence electrons. The highest BCUT2D eigenvalue weighted by atomic mass is 16.6. The second-order valence-corrected chi connectivity index (χ2v) is 15.8. The minimum atomic E-state index is -0.758.